The largest absolute Gasteiger partial charge is 0.433 e. The SMILES string of the molecule is O=C(Nc1cccnc1)c1ccc(-n2ncc3cccnc32)o1. The second kappa shape index (κ2) is 5.38. The van der Waals surface area contributed by atoms with Crippen molar-refractivity contribution in [1.29, 1.82) is 0 Å². The molecule has 4 rings (SSSR count). The molecule has 0 aliphatic heterocycles. The van der Waals surface area contributed by atoms with Crippen LogP contribution in [0.2, 0.25) is 0 Å². The number of furan rings is 1. The standard InChI is InChI=1S/C16H11N5O2/c22-16(20-12-4-2-7-17-10-12)13-5-6-14(23-13)21-15-11(9-19-21)3-1-8-18-15/h1-10H,(H,20,22). The van der Waals surface area contributed by atoms with Crippen LogP contribution in [-0.2, 0) is 0 Å². The Morgan fingerprint density at radius 3 is 2.87 bits per heavy atom. The molecule has 0 atom stereocenters. The first-order chi connectivity index (χ1) is 11.3. The van der Waals surface area contributed by atoms with Crippen LogP contribution < -0.4 is 5.32 Å². The van der Waals surface area contributed by atoms with Gasteiger partial charge in [-0.05, 0) is 30.3 Å². The van der Waals surface area contributed by atoms with E-state index >= 15 is 0 Å². The van der Waals surface area contributed by atoms with E-state index in [0.717, 1.165) is 5.39 Å². The minimum absolute atomic E-state index is 0.184. The van der Waals surface area contributed by atoms with Crippen LogP contribution in [0, 0.1) is 0 Å². The Hall–Kier alpha value is -3.48. The summed E-state index contributed by atoms with van der Waals surface area (Å²) in [6, 6.07) is 10.5. The van der Waals surface area contributed by atoms with E-state index in [-0.39, 0.29) is 11.7 Å². The van der Waals surface area contributed by atoms with Gasteiger partial charge in [0.2, 0.25) is 5.88 Å². The number of rotatable bonds is 3. The Labute approximate surface area is 130 Å². The smallest absolute Gasteiger partial charge is 0.291 e. The van der Waals surface area contributed by atoms with Gasteiger partial charge in [-0.1, -0.05) is 0 Å². The monoisotopic (exact) mass is 305 g/mol. The van der Waals surface area contributed by atoms with E-state index in [1.54, 1.807) is 53.7 Å². The maximum atomic E-state index is 12.2. The Balaban J connectivity index is 1.63. The number of nitrogens with one attached hydrogen (secondary N) is 1. The summed E-state index contributed by atoms with van der Waals surface area (Å²) >= 11 is 0. The Morgan fingerprint density at radius 1 is 1.09 bits per heavy atom. The lowest BCUT2D eigenvalue weighted by molar-refractivity contribution is 0.0996. The van der Waals surface area contributed by atoms with Gasteiger partial charge in [-0.2, -0.15) is 9.78 Å². The van der Waals surface area contributed by atoms with E-state index in [1.807, 2.05) is 12.1 Å². The van der Waals surface area contributed by atoms with Crippen molar-refractivity contribution in [2.24, 2.45) is 0 Å². The van der Waals surface area contributed by atoms with Crippen LogP contribution >= 0.6 is 0 Å². The number of hydrogen-bond donors (Lipinski definition) is 1. The van der Waals surface area contributed by atoms with Crippen molar-refractivity contribution in [1.82, 2.24) is 19.7 Å². The quantitative estimate of drug-likeness (QED) is 0.629. The van der Waals surface area contributed by atoms with Gasteiger partial charge in [0, 0.05) is 23.8 Å². The maximum Gasteiger partial charge on any atom is 0.291 e. The second-order valence-electron chi connectivity index (χ2n) is 4.81. The number of nitrogens with zero attached hydrogens (tertiary/aromatic N) is 4. The first kappa shape index (κ1) is 13.2. The number of pyridine rings is 2. The van der Waals surface area contributed by atoms with Crippen molar-refractivity contribution in [2.45, 2.75) is 0 Å². The molecule has 23 heavy (non-hydrogen) atoms. The molecule has 1 N–H and O–H groups in total. The van der Waals surface area contributed by atoms with Crippen molar-refractivity contribution in [2.75, 3.05) is 5.32 Å². The maximum absolute atomic E-state index is 12.2. The van der Waals surface area contributed by atoms with Crippen LogP contribution in [0.25, 0.3) is 16.9 Å². The third kappa shape index (κ3) is 2.44. The highest BCUT2D eigenvalue weighted by molar-refractivity contribution is 6.02. The normalized spacial score (nSPS) is 10.8. The van der Waals surface area contributed by atoms with Gasteiger partial charge >= 0.3 is 0 Å². The molecule has 1 amide bonds. The second-order valence-corrected chi connectivity index (χ2v) is 4.81. The van der Waals surface area contributed by atoms with Crippen LogP contribution in [0.4, 0.5) is 5.69 Å². The van der Waals surface area contributed by atoms with Gasteiger partial charge in [0.15, 0.2) is 11.4 Å². The molecule has 4 aromatic rings. The van der Waals surface area contributed by atoms with Crippen molar-refractivity contribution in [3.63, 3.8) is 0 Å². The highest BCUT2D eigenvalue weighted by Crippen LogP contribution is 2.19. The van der Waals surface area contributed by atoms with Crippen molar-refractivity contribution >= 4 is 22.6 Å². The molecular weight excluding hydrogens is 294 g/mol. The van der Waals surface area contributed by atoms with E-state index in [4.69, 9.17) is 4.42 Å². The summed E-state index contributed by atoms with van der Waals surface area (Å²) in [6.45, 7) is 0. The van der Waals surface area contributed by atoms with Crippen LogP contribution in [0.1, 0.15) is 10.6 Å². The summed E-state index contributed by atoms with van der Waals surface area (Å²) in [6.07, 6.45) is 6.57. The number of fused-ring (bicyclic) bond motifs is 1. The van der Waals surface area contributed by atoms with Gasteiger partial charge in [-0.3, -0.25) is 9.78 Å². The molecule has 0 aliphatic rings. The summed E-state index contributed by atoms with van der Waals surface area (Å²) in [4.78, 5) is 20.4. The van der Waals surface area contributed by atoms with Crippen LogP contribution in [-0.4, -0.2) is 25.7 Å². The average Bonchev–Trinajstić information content (AvgIpc) is 3.22. The van der Waals surface area contributed by atoms with Gasteiger partial charge in [-0.15, -0.1) is 0 Å². The molecule has 112 valence electrons. The summed E-state index contributed by atoms with van der Waals surface area (Å²) in [5.41, 5.74) is 1.27. The van der Waals surface area contributed by atoms with Gasteiger partial charge in [-0.25, -0.2) is 4.98 Å². The first-order valence-corrected chi connectivity index (χ1v) is 6.91. The van der Waals surface area contributed by atoms with Crippen LogP contribution in [0.5, 0.6) is 0 Å². The third-order valence-corrected chi connectivity index (χ3v) is 3.27. The summed E-state index contributed by atoms with van der Waals surface area (Å²) in [5.74, 6) is 0.257. The minimum atomic E-state index is -0.353. The predicted molar refractivity (Wildman–Crippen MR) is 83.3 cm³/mol. The van der Waals surface area contributed by atoms with Gasteiger partial charge in [0.05, 0.1) is 18.1 Å². The highest BCUT2D eigenvalue weighted by atomic mass is 16.4. The lowest BCUT2D eigenvalue weighted by Crippen LogP contribution is -2.10. The fourth-order valence-electron chi connectivity index (χ4n) is 2.22. The van der Waals surface area contributed by atoms with Gasteiger partial charge < -0.3 is 9.73 Å². The van der Waals surface area contributed by atoms with E-state index in [1.165, 1.54) is 0 Å². The molecular formula is C16H11N5O2. The number of hydrogen-bond acceptors (Lipinski definition) is 5. The molecule has 0 unspecified atom stereocenters. The van der Waals surface area contributed by atoms with Crippen molar-refractivity contribution in [3.8, 4) is 5.88 Å². The Bertz CT molecular complexity index is 974. The fraction of sp³-hybridized carbons (Fsp3) is 0. The molecule has 0 bridgehead atoms. The van der Waals surface area contributed by atoms with E-state index in [0.29, 0.717) is 17.2 Å². The molecule has 0 radical (unpaired) electrons. The molecule has 0 saturated heterocycles. The molecule has 0 aromatic carbocycles. The number of aromatic nitrogens is 4. The van der Waals surface area contributed by atoms with Gasteiger partial charge in [0.25, 0.3) is 5.91 Å². The zero-order valence-electron chi connectivity index (χ0n) is 11.9. The summed E-state index contributed by atoms with van der Waals surface area (Å²) < 4.78 is 7.15. The molecule has 0 aliphatic carbocycles. The lowest BCUT2D eigenvalue weighted by atomic mass is 10.3. The molecule has 7 nitrogen and oxygen atoms in total. The third-order valence-electron chi connectivity index (χ3n) is 3.27. The molecule has 0 fully saturated rings. The van der Waals surface area contributed by atoms with E-state index < -0.39 is 0 Å². The molecule has 0 saturated carbocycles. The summed E-state index contributed by atoms with van der Waals surface area (Å²) in [5, 5.41) is 7.85. The lowest BCUT2D eigenvalue weighted by Gasteiger charge is -2.02. The zero-order valence-corrected chi connectivity index (χ0v) is 11.9. The summed E-state index contributed by atoms with van der Waals surface area (Å²) in [7, 11) is 0. The Morgan fingerprint density at radius 2 is 2.00 bits per heavy atom. The fourth-order valence-corrected chi connectivity index (χ4v) is 2.22. The first-order valence-electron chi connectivity index (χ1n) is 6.91. The van der Waals surface area contributed by atoms with E-state index in [2.05, 4.69) is 20.4 Å². The van der Waals surface area contributed by atoms with Crippen molar-refractivity contribution < 1.29 is 9.21 Å². The van der Waals surface area contributed by atoms with Crippen LogP contribution in [0.3, 0.4) is 0 Å². The minimum Gasteiger partial charge on any atom is -0.433 e. The number of anilines is 1. The molecule has 4 heterocycles. The van der Waals surface area contributed by atoms with E-state index in [9.17, 15) is 4.79 Å². The van der Waals surface area contributed by atoms with Crippen molar-refractivity contribution in [3.05, 3.63) is 66.9 Å². The predicted octanol–water partition coefficient (Wildman–Crippen LogP) is 2.66. The molecule has 7 heteroatoms. The van der Waals surface area contributed by atoms with Gasteiger partial charge in [0.1, 0.15) is 0 Å². The number of amides is 1. The zero-order chi connectivity index (χ0) is 15.6. The number of carbonyl (C=O) groups excluding carboxylic acids is 1. The molecule has 4 aromatic heterocycles. The number of carbonyl (C=O) groups is 1. The highest BCUT2D eigenvalue weighted by Gasteiger charge is 2.14. The Kier molecular flexibility index (Phi) is 3.09. The molecule has 0 spiro atoms. The average molecular weight is 305 g/mol. The van der Waals surface area contributed by atoms with Crippen LogP contribution in [0.15, 0.2) is 65.6 Å². The topological polar surface area (TPSA) is 85.8 Å².